The van der Waals surface area contributed by atoms with Gasteiger partial charge in [0.1, 0.15) is 16.8 Å². The van der Waals surface area contributed by atoms with Gasteiger partial charge >= 0.3 is 0 Å². The predicted octanol–water partition coefficient (Wildman–Crippen LogP) is 3.61. The van der Waals surface area contributed by atoms with Gasteiger partial charge in [-0.05, 0) is 24.5 Å². The van der Waals surface area contributed by atoms with Crippen molar-refractivity contribution >= 4 is 23.2 Å². The van der Waals surface area contributed by atoms with Gasteiger partial charge in [-0.2, -0.15) is 0 Å². The Bertz CT molecular complexity index is 726. The Morgan fingerprint density at radius 3 is 2.80 bits per heavy atom. The van der Waals surface area contributed by atoms with E-state index in [9.17, 15) is 9.18 Å². The Morgan fingerprint density at radius 1 is 1.35 bits per heavy atom. The maximum Gasteiger partial charge on any atom is 0.255 e. The van der Waals surface area contributed by atoms with Crippen molar-refractivity contribution in [2.45, 2.75) is 25.3 Å². The molecule has 104 valence electrons. The zero-order valence-corrected chi connectivity index (χ0v) is 12.0. The molecule has 6 heteroatoms. The summed E-state index contributed by atoms with van der Waals surface area (Å²) in [6.07, 6.45) is 1.98. The van der Waals surface area contributed by atoms with Crippen LogP contribution in [0.4, 0.5) is 4.39 Å². The van der Waals surface area contributed by atoms with Crippen molar-refractivity contribution < 1.29 is 4.39 Å². The van der Waals surface area contributed by atoms with Gasteiger partial charge < -0.3 is 0 Å². The first kappa shape index (κ1) is 13.6. The highest BCUT2D eigenvalue weighted by Gasteiger charge is 2.29. The lowest BCUT2D eigenvalue weighted by atomic mass is 10.2. The first-order chi connectivity index (χ1) is 9.56. The zero-order chi connectivity index (χ0) is 14.3. The fourth-order valence-electron chi connectivity index (χ4n) is 2.15. The second kappa shape index (κ2) is 5.19. The summed E-state index contributed by atoms with van der Waals surface area (Å²) >= 11 is 11.8. The molecule has 3 nitrogen and oxygen atoms in total. The van der Waals surface area contributed by atoms with Gasteiger partial charge in [-0.15, -0.1) is 0 Å². The number of halogens is 3. The van der Waals surface area contributed by atoms with E-state index in [1.165, 1.54) is 16.7 Å². The molecule has 1 fully saturated rings. The minimum Gasteiger partial charge on any atom is -0.292 e. The molecule has 1 saturated carbocycles. The van der Waals surface area contributed by atoms with Gasteiger partial charge in [0.05, 0.1) is 11.6 Å². The van der Waals surface area contributed by atoms with Gasteiger partial charge in [-0.3, -0.25) is 9.36 Å². The smallest absolute Gasteiger partial charge is 0.255 e. The van der Waals surface area contributed by atoms with E-state index >= 15 is 0 Å². The lowest BCUT2D eigenvalue weighted by molar-refractivity contribution is 0.619. The maximum absolute atomic E-state index is 13.5. The highest BCUT2D eigenvalue weighted by molar-refractivity contribution is 6.31. The fourth-order valence-corrected chi connectivity index (χ4v) is 2.51. The minimum absolute atomic E-state index is 0.0381. The summed E-state index contributed by atoms with van der Waals surface area (Å²) in [6.45, 7) is 0.200. The normalized spacial score (nSPS) is 14.6. The van der Waals surface area contributed by atoms with Gasteiger partial charge in [-0.1, -0.05) is 35.3 Å². The van der Waals surface area contributed by atoms with Crippen LogP contribution in [0.15, 0.2) is 29.1 Å². The number of hydrogen-bond acceptors (Lipinski definition) is 2. The molecule has 1 aliphatic carbocycles. The lowest BCUT2D eigenvalue weighted by Gasteiger charge is -2.12. The summed E-state index contributed by atoms with van der Waals surface area (Å²) in [5.74, 6) is 0.420. The predicted molar refractivity (Wildman–Crippen MR) is 76.0 cm³/mol. The van der Waals surface area contributed by atoms with Crippen LogP contribution < -0.4 is 5.56 Å². The molecule has 0 amide bonds. The third-order valence-electron chi connectivity index (χ3n) is 3.31. The summed E-state index contributed by atoms with van der Waals surface area (Å²) in [5, 5.41) is 0.231. The number of aromatic nitrogens is 2. The Kier molecular flexibility index (Phi) is 3.52. The summed E-state index contributed by atoms with van der Waals surface area (Å²) in [4.78, 5) is 16.3. The third kappa shape index (κ3) is 2.58. The average molecular weight is 313 g/mol. The molecule has 0 saturated heterocycles. The first-order valence-corrected chi connectivity index (χ1v) is 7.02. The molecule has 0 aliphatic heterocycles. The second-order valence-corrected chi connectivity index (χ2v) is 5.61. The van der Waals surface area contributed by atoms with Crippen molar-refractivity contribution in [3.05, 3.63) is 62.0 Å². The van der Waals surface area contributed by atoms with E-state index in [1.807, 2.05) is 0 Å². The molecule has 1 aliphatic rings. The average Bonchev–Trinajstić information content (AvgIpc) is 3.21. The topological polar surface area (TPSA) is 34.9 Å². The highest BCUT2D eigenvalue weighted by atomic mass is 35.5. The quantitative estimate of drug-likeness (QED) is 0.811. The molecule has 2 aromatic rings. The molecular weight excluding hydrogens is 302 g/mol. The van der Waals surface area contributed by atoms with Crippen molar-refractivity contribution in [3.63, 3.8) is 0 Å². The fraction of sp³-hybridized carbons (Fsp3) is 0.286. The van der Waals surface area contributed by atoms with E-state index in [1.54, 1.807) is 12.1 Å². The van der Waals surface area contributed by atoms with Crippen LogP contribution in [-0.2, 0) is 6.54 Å². The Balaban J connectivity index is 2.06. The van der Waals surface area contributed by atoms with Crippen LogP contribution in [0, 0.1) is 5.82 Å². The van der Waals surface area contributed by atoms with E-state index in [4.69, 9.17) is 23.2 Å². The first-order valence-electron chi connectivity index (χ1n) is 6.26. The largest absolute Gasteiger partial charge is 0.292 e. The van der Waals surface area contributed by atoms with Crippen LogP contribution in [0.25, 0.3) is 0 Å². The number of rotatable bonds is 3. The van der Waals surface area contributed by atoms with Crippen LogP contribution in [0.3, 0.4) is 0 Å². The molecular formula is C14H11Cl2FN2O. The van der Waals surface area contributed by atoms with E-state index in [-0.39, 0.29) is 28.2 Å². The van der Waals surface area contributed by atoms with Crippen LogP contribution in [0.2, 0.25) is 10.2 Å². The van der Waals surface area contributed by atoms with E-state index in [0.29, 0.717) is 11.4 Å². The summed E-state index contributed by atoms with van der Waals surface area (Å²) in [6, 6.07) is 5.82. The lowest BCUT2D eigenvalue weighted by Crippen LogP contribution is -2.25. The van der Waals surface area contributed by atoms with Gasteiger partial charge in [0.25, 0.3) is 5.56 Å². The number of hydrogen-bond donors (Lipinski definition) is 0. The summed E-state index contributed by atoms with van der Waals surface area (Å²) in [5.41, 5.74) is 0.312. The maximum atomic E-state index is 13.5. The second-order valence-electron chi connectivity index (χ2n) is 4.85. The Hall–Kier alpha value is -1.39. The zero-order valence-electron chi connectivity index (χ0n) is 10.4. The summed E-state index contributed by atoms with van der Waals surface area (Å²) < 4.78 is 15.0. The Labute approximate surface area is 125 Å². The van der Waals surface area contributed by atoms with Crippen molar-refractivity contribution in [2.75, 3.05) is 0 Å². The molecule has 0 spiro atoms. The molecule has 0 radical (unpaired) electrons. The highest BCUT2D eigenvalue weighted by Crippen LogP contribution is 2.39. The molecule has 0 unspecified atom stereocenters. The monoisotopic (exact) mass is 312 g/mol. The van der Waals surface area contributed by atoms with Crippen LogP contribution in [-0.4, -0.2) is 9.55 Å². The van der Waals surface area contributed by atoms with E-state index < -0.39 is 5.82 Å². The van der Waals surface area contributed by atoms with Crippen molar-refractivity contribution in [1.82, 2.24) is 9.55 Å². The molecule has 20 heavy (non-hydrogen) atoms. The molecule has 1 aromatic carbocycles. The molecule has 0 atom stereocenters. The van der Waals surface area contributed by atoms with Gasteiger partial charge in [0, 0.05) is 12.0 Å². The van der Waals surface area contributed by atoms with Gasteiger partial charge in [0.2, 0.25) is 0 Å². The molecule has 0 bridgehead atoms. The standard InChI is InChI=1S/C14H11Cl2FN2O/c15-11-6-12(20)19(14(18-11)8-4-5-8)7-9-2-1-3-10(17)13(9)16/h1-3,6,8H,4-5,7H2. The molecule has 0 N–H and O–H groups in total. The van der Waals surface area contributed by atoms with E-state index in [0.717, 1.165) is 12.8 Å². The SMILES string of the molecule is O=c1cc(Cl)nc(C2CC2)n1Cc1cccc(F)c1Cl. The number of benzene rings is 1. The van der Waals surface area contributed by atoms with Crippen molar-refractivity contribution in [1.29, 1.82) is 0 Å². The molecule has 1 aromatic heterocycles. The van der Waals surface area contributed by atoms with E-state index in [2.05, 4.69) is 4.98 Å². The molecule has 1 heterocycles. The molecule has 3 rings (SSSR count). The van der Waals surface area contributed by atoms with Crippen LogP contribution in [0.5, 0.6) is 0 Å². The third-order valence-corrected chi connectivity index (χ3v) is 3.93. The summed E-state index contributed by atoms with van der Waals surface area (Å²) in [7, 11) is 0. The van der Waals surface area contributed by atoms with Crippen LogP contribution >= 0.6 is 23.2 Å². The van der Waals surface area contributed by atoms with Gasteiger partial charge in [0.15, 0.2) is 0 Å². The van der Waals surface area contributed by atoms with Crippen LogP contribution in [0.1, 0.15) is 30.1 Å². The van der Waals surface area contributed by atoms with Gasteiger partial charge in [-0.25, -0.2) is 9.37 Å². The Morgan fingerprint density at radius 2 is 2.10 bits per heavy atom. The minimum atomic E-state index is -0.493. The number of nitrogens with zero attached hydrogens (tertiary/aromatic N) is 2. The van der Waals surface area contributed by atoms with Crippen molar-refractivity contribution in [3.8, 4) is 0 Å². The van der Waals surface area contributed by atoms with Crippen molar-refractivity contribution in [2.24, 2.45) is 0 Å².